The number of anilines is 1. The minimum absolute atomic E-state index is 0.297. The molecule has 0 radical (unpaired) electrons. The molecule has 1 atom stereocenters. The van der Waals surface area contributed by atoms with Gasteiger partial charge in [-0.25, -0.2) is 4.79 Å². The first-order valence-corrected chi connectivity index (χ1v) is 8.14. The molecule has 1 aliphatic carbocycles. The molecule has 0 aliphatic heterocycles. The van der Waals surface area contributed by atoms with Crippen LogP contribution in [-0.4, -0.2) is 22.1 Å². The molecule has 0 saturated heterocycles. The summed E-state index contributed by atoms with van der Waals surface area (Å²) in [4.78, 5) is 22.5. The maximum atomic E-state index is 11.9. The van der Waals surface area contributed by atoms with Gasteiger partial charge in [-0.1, -0.05) is 34.8 Å². The van der Waals surface area contributed by atoms with E-state index in [0.29, 0.717) is 43.0 Å². The lowest BCUT2D eigenvalue weighted by Gasteiger charge is -2.12. The first kappa shape index (κ1) is 17.8. The van der Waals surface area contributed by atoms with Gasteiger partial charge in [-0.05, 0) is 35.4 Å². The van der Waals surface area contributed by atoms with Gasteiger partial charge in [0.25, 0.3) is 0 Å². The van der Waals surface area contributed by atoms with Gasteiger partial charge in [-0.15, -0.1) is 0 Å². The van der Waals surface area contributed by atoms with Crippen LogP contribution in [0.5, 0.6) is 0 Å². The number of amides is 1. The van der Waals surface area contributed by atoms with Crippen LogP contribution in [0.4, 0.5) is 5.69 Å². The average Bonchev–Trinajstić information content (AvgIpc) is 2.79. The lowest BCUT2D eigenvalue weighted by molar-refractivity contribution is -0.131. The summed E-state index contributed by atoms with van der Waals surface area (Å²) in [5.74, 6) is -1.90. The van der Waals surface area contributed by atoms with Gasteiger partial charge < -0.3 is 15.5 Å². The third kappa shape index (κ3) is 3.37. The van der Waals surface area contributed by atoms with E-state index in [1.165, 1.54) is 12.1 Å². The molecule has 1 unspecified atom stereocenters. The van der Waals surface area contributed by atoms with Crippen LogP contribution in [0.1, 0.15) is 17.2 Å². The quantitative estimate of drug-likeness (QED) is 0.673. The van der Waals surface area contributed by atoms with Gasteiger partial charge in [-0.3, -0.25) is 4.79 Å². The molecule has 1 aliphatic rings. The zero-order valence-electron chi connectivity index (χ0n) is 12.4. The van der Waals surface area contributed by atoms with Gasteiger partial charge >= 0.3 is 5.97 Å². The Morgan fingerprint density at radius 3 is 2.20 bits per heavy atom. The Kier molecular flexibility index (Phi) is 4.75. The van der Waals surface area contributed by atoms with E-state index < -0.39 is 18.0 Å². The van der Waals surface area contributed by atoms with Gasteiger partial charge in [0.1, 0.15) is 6.10 Å². The van der Waals surface area contributed by atoms with Crippen molar-refractivity contribution in [3.63, 3.8) is 0 Å². The zero-order chi connectivity index (χ0) is 18.3. The number of rotatable bonds is 3. The molecule has 8 heteroatoms. The predicted octanol–water partition coefficient (Wildman–Crippen LogP) is 4.29. The summed E-state index contributed by atoms with van der Waals surface area (Å²) in [7, 11) is 0. The van der Waals surface area contributed by atoms with Crippen molar-refractivity contribution in [2.75, 3.05) is 5.32 Å². The van der Waals surface area contributed by atoms with Crippen molar-refractivity contribution in [2.45, 2.75) is 6.10 Å². The summed E-state index contributed by atoms with van der Waals surface area (Å²) in [5.41, 5.74) is 2.36. The first-order valence-electron chi connectivity index (χ1n) is 7.00. The van der Waals surface area contributed by atoms with Crippen molar-refractivity contribution in [3.05, 3.63) is 62.6 Å². The zero-order valence-corrected chi connectivity index (χ0v) is 14.7. The molecular weight excluding hydrogens is 389 g/mol. The van der Waals surface area contributed by atoms with Gasteiger partial charge in [0, 0.05) is 33.3 Å². The van der Waals surface area contributed by atoms with Crippen molar-refractivity contribution in [1.29, 1.82) is 0 Å². The van der Waals surface area contributed by atoms with Gasteiger partial charge in [0.15, 0.2) is 0 Å². The second-order valence-electron chi connectivity index (χ2n) is 5.33. The van der Waals surface area contributed by atoms with Crippen LogP contribution in [0, 0.1) is 0 Å². The number of carbonyl (C=O) groups excluding carboxylic acids is 1. The molecule has 0 bridgehead atoms. The van der Waals surface area contributed by atoms with Crippen molar-refractivity contribution >= 4 is 52.4 Å². The minimum atomic E-state index is -1.25. The van der Waals surface area contributed by atoms with Crippen molar-refractivity contribution in [3.8, 4) is 11.1 Å². The molecule has 5 nitrogen and oxygen atoms in total. The largest absolute Gasteiger partial charge is 0.478 e. The van der Waals surface area contributed by atoms with Crippen LogP contribution in [0.3, 0.4) is 0 Å². The normalized spacial score (nSPS) is 15.1. The van der Waals surface area contributed by atoms with E-state index in [4.69, 9.17) is 39.9 Å². The maximum absolute atomic E-state index is 11.9. The maximum Gasteiger partial charge on any atom is 0.328 e. The van der Waals surface area contributed by atoms with E-state index in [0.717, 1.165) is 12.2 Å². The van der Waals surface area contributed by atoms with Crippen LogP contribution < -0.4 is 5.32 Å². The lowest BCUT2D eigenvalue weighted by atomic mass is 10.0. The second-order valence-corrected chi connectivity index (χ2v) is 6.61. The van der Waals surface area contributed by atoms with Crippen molar-refractivity contribution in [2.24, 2.45) is 0 Å². The van der Waals surface area contributed by atoms with Crippen LogP contribution >= 0.6 is 34.8 Å². The number of carboxylic acids is 1. The number of hydrogen-bond donors (Lipinski definition) is 3. The topological polar surface area (TPSA) is 86.6 Å². The highest BCUT2D eigenvalue weighted by molar-refractivity contribution is 6.37. The van der Waals surface area contributed by atoms with E-state index in [1.54, 1.807) is 12.1 Å². The molecule has 3 rings (SSSR count). The van der Waals surface area contributed by atoms with Crippen molar-refractivity contribution < 1.29 is 19.8 Å². The number of aliphatic hydroxyl groups excluding tert-OH is 1. The molecule has 2 aromatic carbocycles. The number of halogens is 3. The highest BCUT2D eigenvalue weighted by Crippen LogP contribution is 2.51. The summed E-state index contributed by atoms with van der Waals surface area (Å²) in [6.07, 6.45) is 0.603. The number of benzene rings is 2. The van der Waals surface area contributed by atoms with Crippen LogP contribution in [0.25, 0.3) is 11.1 Å². The van der Waals surface area contributed by atoms with Crippen LogP contribution in [0.2, 0.25) is 15.1 Å². The third-order valence-corrected chi connectivity index (χ3v) is 4.43. The third-order valence-electron chi connectivity index (χ3n) is 3.69. The van der Waals surface area contributed by atoms with E-state index >= 15 is 0 Å². The Labute approximate surface area is 157 Å². The average molecular weight is 399 g/mol. The molecule has 0 saturated carbocycles. The van der Waals surface area contributed by atoms with Gasteiger partial charge in [0.2, 0.25) is 5.91 Å². The molecule has 0 heterocycles. The number of aliphatic hydroxyl groups is 1. The molecule has 0 fully saturated rings. The van der Waals surface area contributed by atoms with Gasteiger partial charge in [-0.2, -0.15) is 0 Å². The molecular formula is C17H10Cl3NO4. The highest BCUT2D eigenvalue weighted by Gasteiger charge is 2.32. The number of carboxylic acid groups (broad SMARTS) is 1. The van der Waals surface area contributed by atoms with E-state index in [1.807, 2.05) is 0 Å². The fraction of sp³-hybridized carbons (Fsp3) is 0.0588. The predicted molar refractivity (Wildman–Crippen MR) is 96.4 cm³/mol. The molecule has 3 N–H and O–H groups in total. The summed E-state index contributed by atoms with van der Waals surface area (Å²) in [5, 5.41) is 22.7. The molecule has 128 valence electrons. The van der Waals surface area contributed by atoms with E-state index in [9.17, 15) is 14.7 Å². The standard InChI is InChI=1S/C17H10Cl3NO4/c18-7-3-9-15(11(20)5-7)16-10(17(9)25)4-8(19)6-12(16)21-13(22)1-2-14(23)24/h1-6,17,25H,(H,21,22)(H,23,24)/b2-1+. The number of carbonyl (C=O) groups is 2. The molecule has 0 spiro atoms. The Morgan fingerprint density at radius 2 is 1.56 bits per heavy atom. The fourth-order valence-electron chi connectivity index (χ4n) is 2.78. The van der Waals surface area contributed by atoms with Crippen LogP contribution in [-0.2, 0) is 9.59 Å². The molecule has 25 heavy (non-hydrogen) atoms. The summed E-state index contributed by atoms with van der Waals surface area (Å²) >= 11 is 18.4. The first-order chi connectivity index (χ1) is 11.8. The summed E-state index contributed by atoms with van der Waals surface area (Å²) < 4.78 is 0. The number of hydrogen-bond acceptors (Lipinski definition) is 3. The lowest BCUT2D eigenvalue weighted by Crippen LogP contribution is -2.10. The Bertz CT molecular complexity index is 940. The fourth-order valence-corrected chi connectivity index (χ4v) is 3.61. The SMILES string of the molecule is O=C(O)/C=C/C(=O)Nc1cc(Cl)cc2c1-c1c(Cl)cc(Cl)cc1C2O. The highest BCUT2D eigenvalue weighted by atomic mass is 35.5. The number of aliphatic carboxylic acids is 1. The molecule has 1 amide bonds. The Hall–Kier alpha value is -2.05. The molecule has 2 aromatic rings. The monoisotopic (exact) mass is 397 g/mol. The summed E-state index contributed by atoms with van der Waals surface area (Å²) in [6.45, 7) is 0. The van der Waals surface area contributed by atoms with Crippen LogP contribution in [0.15, 0.2) is 36.4 Å². The minimum Gasteiger partial charge on any atom is -0.478 e. The number of fused-ring (bicyclic) bond motifs is 3. The Morgan fingerprint density at radius 1 is 0.960 bits per heavy atom. The van der Waals surface area contributed by atoms with E-state index in [2.05, 4.69) is 5.32 Å². The van der Waals surface area contributed by atoms with E-state index in [-0.39, 0.29) is 0 Å². The Balaban J connectivity index is 2.13. The molecule has 0 aromatic heterocycles. The smallest absolute Gasteiger partial charge is 0.328 e. The second kappa shape index (κ2) is 6.69. The van der Waals surface area contributed by atoms with Gasteiger partial charge in [0.05, 0.1) is 10.7 Å². The number of nitrogens with one attached hydrogen (secondary N) is 1. The summed E-state index contributed by atoms with van der Waals surface area (Å²) in [6, 6.07) is 6.21. The van der Waals surface area contributed by atoms with Crippen molar-refractivity contribution in [1.82, 2.24) is 0 Å².